The van der Waals surface area contributed by atoms with Gasteiger partial charge in [0.25, 0.3) is 0 Å². The largest absolute Gasteiger partial charge is 0.460 e. The van der Waals surface area contributed by atoms with Crippen LogP contribution in [0, 0.1) is 17.2 Å². The molecule has 0 aliphatic heterocycles. The Morgan fingerprint density at radius 1 is 1.33 bits per heavy atom. The molecule has 0 saturated carbocycles. The summed E-state index contributed by atoms with van der Waals surface area (Å²) in [6.07, 6.45) is 0.381. The van der Waals surface area contributed by atoms with E-state index in [1.165, 1.54) is 0 Å². The first-order valence-corrected chi connectivity index (χ1v) is 7.10. The molecule has 0 fully saturated rings. The van der Waals surface area contributed by atoms with Crippen molar-refractivity contribution < 1.29 is 14.3 Å². The van der Waals surface area contributed by atoms with Crippen molar-refractivity contribution in [3.8, 4) is 6.07 Å². The molecule has 114 valence electrons. The molecular formula is C16H22N2O3. The maximum absolute atomic E-state index is 12.0. The van der Waals surface area contributed by atoms with Crippen LogP contribution in [-0.2, 0) is 9.47 Å². The van der Waals surface area contributed by atoms with Crippen LogP contribution in [0.25, 0.3) is 0 Å². The summed E-state index contributed by atoms with van der Waals surface area (Å²) in [4.78, 5) is 12.0. The van der Waals surface area contributed by atoms with Gasteiger partial charge in [-0.25, -0.2) is 4.79 Å². The van der Waals surface area contributed by atoms with Gasteiger partial charge in [0.15, 0.2) is 0 Å². The zero-order chi connectivity index (χ0) is 15.5. The van der Waals surface area contributed by atoms with Crippen molar-refractivity contribution in [2.75, 3.05) is 31.7 Å². The summed E-state index contributed by atoms with van der Waals surface area (Å²) in [7, 11) is 0. The molecule has 5 nitrogen and oxygen atoms in total. The van der Waals surface area contributed by atoms with Gasteiger partial charge in [-0.1, -0.05) is 26.0 Å². The molecule has 1 N–H and O–H groups in total. The molecule has 5 heteroatoms. The molecule has 0 radical (unpaired) electrons. The maximum Gasteiger partial charge on any atom is 0.340 e. The number of hydrogen-bond donors (Lipinski definition) is 1. The number of rotatable bonds is 9. The highest BCUT2D eigenvalue weighted by Crippen LogP contribution is 2.16. The first-order chi connectivity index (χ1) is 10.1. The average Bonchev–Trinajstić information content (AvgIpc) is 2.47. The topological polar surface area (TPSA) is 71.3 Å². The number of carbonyl (C=O) groups excluding carboxylic acids is 1. The van der Waals surface area contributed by atoms with Gasteiger partial charge in [-0.15, -0.1) is 0 Å². The van der Waals surface area contributed by atoms with Crippen LogP contribution >= 0.6 is 0 Å². The van der Waals surface area contributed by atoms with E-state index in [-0.39, 0.29) is 12.6 Å². The highest BCUT2D eigenvalue weighted by atomic mass is 16.6. The van der Waals surface area contributed by atoms with Gasteiger partial charge >= 0.3 is 5.97 Å². The second kappa shape index (κ2) is 9.78. The Kier molecular flexibility index (Phi) is 7.92. The minimum Gasteiger partial charge on any atom is -0.460 e. The van der Waals surface area contributed by atoms with E-state index in [2.05, 4.69) is 19.2 Å². The number of nitriles is 1. The molecule has 0 saturated heterocycles. The molecule has 1 aromatic rings. The molecule has 0 unspecified atom stereocenters. The number of esters is 1. The third kappa shape index (κ3) is 6.77. The predicted octanol–water partition coefficient (Wildman–Crippen LogP) is 2.84. The van der Waals surface area contributed by atoms with E-state index in [0.29, 0.717) is 43.3 Å². The SMILES string of the molecule is CC(C)COCCOC(=O)c1ccccc1NCCC#N. The quantitative estimate of drug-likeness (QED) is 0.559. The van der Waals surface area contributed by atoms with E-state index in [1.54, 1.807) is 18.2 Å². The van der Waals surface area contributed by atoms with Crippen LogP contribution in [-0.4, -0.2) is 32.3 Å². The van der Waals surface area contributed by atoms with E-state index < -0.39 is 0 Å². The van der Waals surface area contributed by atoms with Gasteiger partial charge in [0.2, 0.25) is 0 Å². The Morgan fingerprint density at radius 2 is 2.10 bits per heavy atom. The first kappa shape index (κ1) is 17.0. The highest BCUT2D eigenvalue weighted by Gasteiger charge is 2.11. The van der Waals surface area contributed by atoms with Gasteiger partial charge in [0, 0.05) is 18.8 Å². The zero-order valence-electron chi connectivity index (χ0n) is 12.6. The lowest BCUT2D eigenvalue weighted by Gasteiger charge is -2.11. The fourth-order valence-corrected chi connectivity index (χ4v) is 1.66. The number of nitrogens with one attached hydrogen (secondary N) is 1. The van der Waals surface area contributed by atoms with Crippen molar-refractivity contribution in [1.82, 2.24) is 0 Å². The third-order valence-corrected chi connectivity index (χ3v) is 2.61. The Bertz CT molecular complexity index is 481. The van der Waals surface area contributed by atoms with Crippen LogP contribution in [0.2, 0.25) is 0 Å². The van der Waals surface area contributed by atoms with Crippen LogP contribution in [0.4, 0.5) is 5.69 Å². The summed E-state index contributed by atoms with van der Waals surface area (Å²) in [6, 6.07) is 9.15. The van der Waals surface area contributed by atoms with Crippen molar-refractivity contribution in [3.05, 3.63) is 29.8 Å². The summed E-state index contributed by atoms with van der Waals surface area (Å²) in [5, 5.41) is 11.6. The second-order valence-corrected chi connectivity index (χ2v) is 4.99. The van der Waals surface area contributed by atoms with Crippen molar-refractivity contribution in [3.63, 3.8) is 0 Å². The van der Waals surface area contributed by atoms with Crippen LogP contribution in [0.3, 0.4) is 0 Å². The minimum atomic E-state index is -0.386. The average molecular weight is 290 g/mol. The van der Waals surface area contributed by atoms with E-state index in [1.807, 2.05) is 12.1 Å². The van der Waals surface area contributed by atoms with Crippen molar-refractivity contribution in [2.24, 2.45) is 5.92 Å². The molecule has 0 bridgehead atoms. The van der Waals surface area contributed by atoms with Crippen LogP contribution in [0.1, 0.15) is 30.6 Å². The number of benzene rings is 1. The monoisotopic (exact) mass is 290 g/mol. The van der Waals surface area contributed by atoms with Gasteiger partial charge in [0.05, 0.1) is 24.7 Å². The Balaban J connectivity index is 2.44. The number of ether oxygens (including phenoxy) is 2. The number of hydrogen-bond acceptors (Lipinski definition) is 5. The Labute approximate surface area is 125 Å². The van der Waals surface area contributed by atoms with Gasteiger partial charge in [0.1, 0.15) is 6.61 Å². The summed E-state index contributed by atoms with van der Waals surface area (Å²) < 4.78 is 10.6. The minimum absolute atomic E-state index is 0.234. The molecule has 0 spiro atoms. The molecule has 0 amide bonds. The predicted molar refractivity (Wildman–Crippen MR) is 81.1 cm³/mol. The second-order valence-electron chi connectivity index (χ2n) is 4.99. The lowest BCUT2D eigenvalue weighted by atomic mass is 10.2. The number of para-hydroxylation sites is 1. The fourth-order valence-electron chi connectivity index (χ4n) is 1.66. The molecule has 0 atom stereocenters. The zero-order valence-corrected chi connectivity index (χ0v) is 12.6. The van der Waals surface area contributed by atoms with Crippen LogP contribution < -0.4 is 5.32 Å². The lowest BCUT2D eigenvalue weighted by molar-refractivity contribution is 0.0278. The first-order valence-electron chi connectivity index (χ1n) is 7.10. The molecule has 1 rings (SSSR count). The summed E-state index contributed by atoms with van der Waals surface area (Å²) in [5.74, 6) is 0.0777. The number of anilines is 1. The molecule has 0 heterocycles. The molecule has 1 aromatic carbocycles. The van der Waals surface area contributed by atoms with Gasteiger partial charge < -0.3 is 14.8 Å². The standard InChI is InChI=1S/C16H22N2O3/c1-13(2)12-20-10-11-21-16(19)14-6-3-4-7-15(14)18-9-5-8-17/h3-4,6-7,13,18H,5,9-12H2,1-2H3. The van der Waals surface area contributed by atoms with Gasteiger partial charge in [-0.3, -0.25) is 0 Å². The number of nitrogens with zero attached hydrogens (tertiary/aromatic N) is 1. The number of carbonyl (C=O) groups is 1. The molecule has 0 aliphatic rings. The van der Waals surface area contributed by atoms with E-state index in [0.717, 1.165) is 0 Å². The third-order valence-electron chi connectivity index (χ3n) is 2.61. The molecule has 0 aliphatic carbocycles. The molecular weight excluding hydrogens is 268 g/mol. The molecule has 0 aromatic heterocycles. The summed E-state index contributed by atoms with van der Waals surface area (Å²) in [6.45, 7) is 5.92. The van der Waals surface area contributed by atoms with Crippen LogP contribution in [0.15, 0.2) is 24.3 Å². The van der Waals surface area contributed by atoms with E-state index in [4.69, 9.17) is 14.7 Å². The Hall–Kier alpha value is -2.06. The Morgan fingerprint density at radius 3 is 2.81 bits per heavy atom. The van der Waals surface area contributed by atoms with Crippen molar-refractivity contribution in [2.45, 2.75) is 20.3 Å². The van der Waals surface area contributed by atoms with Gasteiger partial charge in [-0.2, -0.15) is 5.26 Å². The van der Waals surface area contributed by atoms with Crippen LogP contribution in [0.5, 0.6) is 0 Å². The van der Waals surface area contributed by atoms with E-state index in [9.17, 15) is 4.79 Å². The fraction of sp³-hybridized carbons (Fsp3) is 0.500. The molecule has 21 heavy (non-hydrogen) atoms. The summed E-state index contributed by atoms with van der Waals surface area (Å²) >= 11 is 0. The van der Waals surface area contributed by atoms with Crippen molar-refractivity contribution >= 4 is 11.7 Å². The normalized spacial score (nSPS) is 10.2. The van der Waals surface area contributed by atoms with Crippen molar-refractivity contribution in [1.29, 1.82) is 5.26 Å². The lowest BCUT2D eigenvalue weighted by Crippen LogP contribution is -2.14. The van der Waals surface area contributed by atoms with E-state index >= 15 is 0 Å². The van der Waals surface area contributed by atoms with Gasteiger partial charge in [-0.05, 0) is 18.1 Å². The smallest absolute Gasteiger partial charge is 0.340 e. The highest BCUT2D eigenvalue weighted by molar-refractivity contribution is 5.95. The maximum atomic E-state index is 12.0. The summed E-state index contributed by atoms with van der Waals surface area (Å²) in [5.41, 5.74) is 1.15.